The lowest BCUT2D eigenvalue weighted by Gasteiger charge is -2.34. The lowest BCUT2D eigenvalue weighted by Crippen LogP contribution is -2.22. The van der Waals surface area contributed by atoms with E-state index in [-0.39, 0.29) is 0 Å². The first-order valence-corrected chi connectivity index (χ1v) is 8.40. The van der Waals surface area contributed by atoms with Gasteiger partial charge in [0.1, 0.15) is 0 Å². The van der Waals surface area contributed by atoms with Crippen molar-refractivity contribution in [2.45, 2.75) is 90.4 Å². The Morgan fingerprint density at radius 3 is 2.00 bits per heavy atom. The molecule has 2 aliphatic rings. The van der Waals surface area contributed by atoms with Gasteiger partial charge < -0.3 is 0 Å². The molecule has 0 aromatic heterocycles. The molecular weight excluding hydrogens is 204 g/mol. The van der Waals surface area contributed by atoms with Gasteiger partial charge in [0.2, 0.25) is 0 Å². The highest BCUT2D eigenvalue weighted by molar-refractivity contribution is 4.78. The topological polar surface area (TPSA) is 0 Å². The predicted molar refractivity (Wildman–Crippen MR) is 76.2 cm³/mol. The van der Waals surface area contributed by atoms with Crippen molar-refractivity contribution in [3.63, 3.8) is 0 Å². The van der Waals surface area contributed by atoms with E-state index in [1.165, 1.54) is 51.4 Å². The summed E-state index contributed by atoms with van der Waals surface area (Å²) in [6, 6.07) is 0. The van der Waals surface area contributed by atoms with Crippen LogP contribution in [0.3, 0.4) is 0 Å². The molecule has 0 aromatic carbocycles. The zero-order chi connectivity index (χ0) is 11.9. The summed E-state index contributed by atoms with van der Waals surface area (Å²) in [5.74, 6) is 3.29. The fourth-order valence-electron chi connectivity index (χ4n) is 4.37. The summed E-state index contributed by atoms with van der Waals surface area (Å²) < 4.78 is 0. The first kappa shape index (κ1) is 13.4. The van der Waals surface area contributed by atoms with Crippen LogP contribution < -0.4 is 0 Å². The Bertz CT molecular complexity index is 184. The highest BCUT2D eigenvalue weighted by Crippen LogP contribution is 2.39. The van der Waals surface area contributed by atoms with Gasteiger partial charge in [0.05, 0.1) is 0 Å². The van der Waals surface area contributed by atoms with E-state index >= 15 is 0 Å². The zero-order valence-corrected chi connectivity index (χ0v) is 11.9. The van der Waals surface area contributed by atoms with Gasteiger partial charge in [-0.3, -0.25) is 0 Å². The molecular formula is C17H32. The van der Waals surface area contributed by atoms with Crippen LogP contribution in [0.5, 0.6) is 0 Å². The van der Waals surface area contributed by atoms with E-state index in [1.807, 2.05) is 0 Å². The summed E-state index contributed by atoms with van der Waals surface area (Å²) in [5, 5.41) is 0. The first-order chi connectivity index (χ1) is 8.40. The van der Waals surface area contributed by atoms with Crippen molar-refractivity contribution < 1.29 is 0 Å². The fourth-order valence-corrected chi connectivity index (χ4v) is 4.37. The summed E-state index contributed by atoms with van der Waals surface area (Å²) in [4.78, 5) is 0. The number of rotatable bonds is 5. The molecule has 2 saturated carbocycles. The van der Waals surface area contributed by atoms with Crippen LogP contribution in [0.1, 0.15) is 90.4 Å². The van der Waals surface area contributed by atoms with E-state index in [1.54, 1.807) is 32.1 Å². The quantitative estimate of drug-likeness (QED) is 0.553. The highest BCUT2D eigenvalue weighted by Gasteiger charge is 2.26. The number of hydrogen-bond donors (Lipinski definition) is 0. The van der Waals surface area contributed by atoms with Crippen molar-refractivity contribution in [1.82, 2.24) is 0 Å². The number of hydrogen-bond acceptors (Lipinski definition) is 0. The average Bonchev–Trinajstić information content (AvgIpc) is 2.40. The van der Waals surface area contributed by atoms with Crippen molar-refractivity contribution in [3.05, 3.63) is 0 Å². The summed E-state index contributed by atoms with van der Waals surface area (Å²) in [7, 11) is 0. The van der Waals surface area contributed by atoms with Gasteiger partial charge >= 0.3 is 0 Å². The van der Waals surface area contributed by atoms with Crippen LogP contribution in [0.25, 0.3) is 0 Å². The Kier molecular flexibility index (Phi) is 5.88. The van der Waals surface area contributed by atoms with Gasteiger partial charge in [-0.1, -0.05) is 84.0 Å². The molecule has 1 atom stereocenters. The van der Waals surface area contributed by atoms with Gasteiger partial charge in [-0.25, -0.2) is 0 Å². The molecule has 0 N–H and O–H groups in total. The van der Waals surface area contributed by atoms with Crippen molar-refractivity contribution in [1.29, 1.82) is 0 Å². The third kappa shape index (κ3) is 4.30. The maximum absolute atomic E-state index is 2.39. The van der Waals surface area contributed by atoms with Crippen molar-refractivity contribution in [3.8, 4) is 0 Å². The molecule has 0 aliphatic heterocycles. The van der Waals surface area contributed by atoms with Gasteiger partial charge in [0.25, 0.3) is 0 Å². The third-order valence-electron chi connectivity index (χ3n) is 5.34. The van der Waals surface area contributed by atoms with Crippen LogP contribution in [0.4, 0.5) is 0 Å². The molecule has 17 heavy (non-hydrogen) atoms. The molecule has 0 saturated heterocycles. The molecule has 0 aromatic rings. The Morgan fingerprint density at radius 1 is 0.824 bits per heavy atom. The summed E-state index contributed by atoms with van der Waals surface area (Å²) in [5.41, 5.74) is 0. The van der Waals surface area contributed by atoms with Crippen LogP contribution >= 0.6 is 0 Å². The molecule has 0 amide bonds. The maximum atomic E-state index is 2.39. The summed E-state index contributed by atoms with van der Waals surface area (Å²) in [6.45, 7) is 2.39. The lowest BCUT2D eigenvalue weighted by molar-refractivity contribution is 0.179. The molecule has 2 aliphatic carbocycles. The molecule has 1 unspecified atom stereocenters. The van der Waals surface area contributed by atoms with E-state index in [0.29, 0.717) is 0 Å². The average molecular weight is 236 g/mol. The Labute approximate surface area is 109 Å². The Morgan fingerprint density at radius 2 is 1.41 bits per heavy atom. The van der Waals surface area contributed by atoms with Gasteiger partial charge in [0.15, 0.2) is 0 Å². The van der Waals surface area contributed by atoms with Crippen molar-refractivity contribution >= 4 is 0 Å². The second kappa shape index (κ2) is 7.44. The highest BCUT2D eigenvalue weighted by atomic mass is 14.3. The van der Waals surface area contributed by atoms with Crippen LogP contribution in [0.15, 0.2) is 0 Å². The van der Waals surface area contributed by atoms with Crippen LogP contribution in [0, 0.1) is 17.8 Å². The Balaban J connectivity index is 1.81. The van der Waals surface area contributed by atoms with Gasteiger partial charge in [-0.15, -0.1) is 0 Å². The van der Waals surface area contributed by atoms with Crippen molar-refractivity contribution in [2.75, 3.05) is 0 Å². The molecule has 0 heterocycles. The molecule has 2 rings (SSSR count). The molecule has 0 radical (unpaired) electrons. The minimum atomic E-state index is 1.09. The molecule has 0 bridgehead atoms. The maximum Gasteiger partial charge on any atom is -0.0383 e. The largest absolute Gasteiger partial charge is 0.0654 e. The van der Waals surface area contributed by atoms with Gasteiger partial charge in [0, 0.05) is 0 Å². The predicted octanol–water partition coefficient (Wildman–Crippen LogP) is 5.95. The van der Waals surface area contributed by atoms with Crippen LogP contribution in [-0.2, 0) is 0 Å². The van der Waals surface area contributed by atoms with Crippen LogP contribution in [-0.4, -0.2) is 0 Å². The fraction of sp³-hybridized carbons (Fsp3) is 1.00. The van der Waals surface area contributed by atoms with E-state index in [0.717, 1.165) is 17.8 Å². The van der Waals surface area contributed by atoms with Crippen LogP contribution in [0.2, 0.25) is 0 Å². The second-order valence-electron chi connectivity index (χ2n) is 6.69. The van der Waals surface area contributed by atoms with E-state index in [4.69, 9.17) is 0 Å². The molecule has 2 fully saturated rings. The normalized spacial score (nSPS) is 25.9. The summed E-state index contributed by atoms with van der Waals surface area (Å²) >= 11 is 0. The molecule has 100 valence electrons. The van der Waals surface area contributed by atoms with Gasteiger partial charge in [-0.2, -0.15) is 0 Å². The minimum absolute atomic E-state index is 1.09. The van der Waals surface area contributed by atoms with E-state index in [2.05, 4.69) is 6.92 Å². The molecule has 0 nitrogen and oxygen atoms in total. The zero-order valence-electron chi connectivity index (χ0n) is 11.9. The smallest absolute Gasteiger partial charge is 0.0383 e. The third-order valence-corrected chi connectivity index (χ3v) is 5.34. The minimum Gasteiger partial charge on any atom is -0.0654 e. The van der Waals surface area contributed by atoms with E-state index in [9.17, 15) is 0 Å². The second-order valence-corrected chi connectivity index (χ2v) is 6.69. The summed E-state index contributed by atoms with van der Waals surface area (Å²) in [6.07, 6.45) is 19.8. The Hall–Kier alpha value is 0. The SMILES string of the molecule is CCCC(CC1CCCCC1)C1CCCCC1. The standard InChI is InChI=1S/C17H32/c1-2-9-17(16-12-7-4-8-13-16)14-15-10-5-3-6-11-15/h15-17H,2-14H2,1H3. The van der Waals surface area contributed by atoms with E-state index < -0.39 is 0 Å². The lowest BCUT2D eigenvalue weighted by atomic mass is 9.72. The van der Waals surface area contributed by atoms with Gasteiger partial charge in [-0.05, 0) is 24.2 Å². The van der Waals surface area contributed by atoms with Crippen molar-refractivity contribution in [2.24, 2.45) is 17.8 Å². The first-order valence-electron chi connectivity index (χ1n) is 8.40. The monoisotopic (exact) mass is 236 g/mol. The molecule has 0 heteroatoms. The molecule has 0 spiro atoms.